The van der Waals surface area contributed by atoms with Crippen molar-refractivity contribution in [3.05, 3.63) is 70.3 Å². The molecule has 1 heterocycles. The number of amides is 1. The van der Waals surface area contributed by atoms with Crippen LogP contribution in [0.2, 0.25) is 0 Å². The Morgan fingerprint density at radius 2 is 2.06 bits per heavy atom. The van der Waals surface area contributed by atoms with E-state index in [0.717, 1.165) is 12.4 Å². The summed E-state index contributed by atoms with van der Waals surface area (Å²) in [4.78, 5) is 20.7. The molecule has 9 nitrogen and oxygen atoms in total. The molecule has 184 valence electrons. The predicted octanol–water partition coefficient (Wildman–Crippen LogP) is 2.61. The minimum atomic E-state index is -0.836. The minimum absolute atomic E-state index is 0.0371. The van der Waals surface area contributed by atoms with E-state index in [9.17, 15) is 14.3 Å². The van der Waals surface area contributed by atoms with Crippen LogP contribution in [0.4, 0.5) is 15.9 Å². The number of aromatic nitrogens is 1. The highest BCUT2D eigenvalue weighted by Gasteiger charge is 2.38. The van der Waals surface area contributed by atoms with E-state index < -0.39 is 17.3 Å². The lowest BCUT2D eigenvalue weighted by molar-refractivity contribution is -0.114. The Morgan fingerprint density at radius 3 is 2.63 bits per heavy atom. The molecule has 1 aromatic carbocycles. The van der Waals surface area contributed by atoms with Crippen LogP contribution in [-0.4, -0.2) is 39.6 Å². The summed E-state index contributed by atoms with van der Waals surface area (Å²) >= 11 is 0. The van der Waals surface area contributed by atoms with Gasteiger partial charge in [-0.2, -0.15) is 0 Å². The van der Waals surface area contributed by atoms with Crippen LogP contribution in [0.5, 0.6) is 0 Å². The Kier molecular flexibility index (Phi) is 7.06. The number of primary amides is 1. The molecule has 1 aliphatic carbocycles. The number of pyridine rings is 1. The molecule has 35 heavy (non-hydrogen) atoms. The molecule has 1 aliphatic rings. The fourth-order valence-corrected chi connectivity index (χ4v) is 4.10. The van der Waals surface area contributed by atoms with Gasteiger partial charge in [-0.25, -0.2) is 9.37 Å². The van der Waals surface area contributed by atoms with Crippen LogP contribution in [0.25, 0.3) is 5.70 Å². The number of anilines is 2. The number of halogens is 1. The van der Waals surface area contributed by atoms with Gasteiger partial charge in [-0.1, -0.05) is 12.6 Å². The van der Waals surface area contributed by atoms with Gasteiger partial charge in [-0.05, 0) is 51.3 Å². The molecular weight excluding hydrogens is 449 g/mol. The van der Waals surface area contributed by atoms with E-state index >= 15 is 0 Å². The van der Waals surface area contributed by atoms with Gasteiger partial charge >= 0.3 is 0 Å². The highest BCUT2D eigenvalue weighted by Crippen LogP contribution is 2.35. The van der Waals surface area contributed by atoms with E-state index in [1.54, 1.807) is 32.9 Å². The Hall–Kier alpha value is -4.05. The summed E-state index contributed by atoms with van der Waals surface area (Å²) in [7, 11) is 0. The molecule has 0 radical (unpaired) electrons. The molecule has 1 aromatic heterocycles. The highest BCUT2D eigenvalue weighted by molar-refractivity contribution is 6.08. The molecule has 3 rings (SSSR count). The van der Waals surface area contributed by atoms with Gasteiger partial charge in [0.05, 0.1) is 28.8 Å². The van der Waals surface area contributed by atoms with E-state index in [1.165, 1.54) is 6.07 Å². The van der Waals surface area contributed by atoms with Crippen molar-refractivity contribution in [1.82, 2.24) is 4.98 Å². The topological polar surface area (TPSA) is 176 Å². The van der Waals surface area contributed by atoms with Crippen molar-refractivity contribution in [2.24, 2.45) is 16.5 Å². The third kappa shape index (κ3) is 5.38. The van der Waals surface area contributed by atoms with Crippen LogP contribution in [0.1, 0.15) is 48.9 Å². The number of aliphatic imine (C=N–C) groups is 1. The third-order valence-corrected chi connectivity index (χ3v) is 5.98. The van der Waals surface area contributed by atoms with Crippen molar-refractivity contribution in [2.45, 2.75) is 45.3 Å². The Labute approximate surface area is 203 Å². The number of aryl methyl sites for hydroxylation is 1. The number of nitrogens with two attached hydrogens (primary N) is 3. The first kappa shape index (κ1) is 25.6. The zero-order valence-corrected chi connectivity index (χ0v) is 19.9. The lowest BCUT2D eigenvalue weighted by Gasteiger charge is -2.41. The van der Waals surface area contributed by atoms with E-state index in [4.69, 9.17) is 22.6 Å². The second-order valence-electron chi connectivity index (χ2n) is 9.00. The number of hydrogen-bond donors (Lipinski definition) is 6. The molecule has 0 atom stereocenters. The number of benzene rings is 1. The smallest absolute Gasteiger partial charge is 0.250 e. The van der Waals surface area contributed by atoms with E-state index in [1.807, 2.05) is 0 Å². The number of rotatable bonds is 8. The molecule has 1 fully saturated rings. The summed E-state index contributed by atoms with van der Waals surface area (Å²) in [5, 5.41) is 21.1. The molecule has 9 N–H and O–H groups in total. The maximum Gasteiger partial charge on any atom is 0.250 e. The van der Waals surface area contributed by atoms with Crippen molar-refractivity contribution in [3.63, 3.8) is 0 Å². The number of carbonyl (C=O) groups is 1. The zero-order valence-electron chi connectivity index (χ0n) is 19.9. The average Bonchev–Trinajstić information content (AvgIpc) is 2.77. The van der Waals surface area contributed by atoms with Crippen molar-refractivity contribution in [1.29, 1.82) is 5.41 Å². The standard InChI is InChI=1S/C25H30FN7O2/c1-12-5-6-19(28)18(10-27)20(12)22(21(29)13(2)23(30)34)32-14(3)17-7-15(26)11-31-24(17)33-16-8-25(4,35)9-16/h5-7,10-11,16,27,35H,2,8-9,28-29H2,1,3-4H3,(H2,30,34)(H,31,33)/b22-21+,27-10?,32-14?. The fraction of sp³-hybridized carbons (Fsp3) is 0.280. The maximum absolute atomic E-state index is 14.2. The van der Waals surface area contributed by atoms with Gasteiger partial charge in [-0.3, -0.25) is 9.79 Å². The Balaban J connectivity index is 2.20. The first-order chi connectivity index (χ1) is 16.3. The van der Waals surface area contributed by atoms with Crippen molar-refractivity contribution < 1.29 is 14.3 Å². The average molecular weight is 480 g/mol. The van der Waals surface area contributed by atoms with Crippen molar-refractivity contribution in [3.8, 4) is 0 Å². The van der Waals surface area contributed by atoms with Gasteiger partial charge < -0.3 is 33.0 Å². The van der Waals surface area contributed by atoms with Gasteiger partial charge in [0.1, 0.15) is 11.6 Å². The number of nitrogen functional groups attached to an aromatic ring is 1. The molecule has 0 unspecified atom stereocenters. The number of carbonyl (C=O) groups excluding carboxylic acids is 1. The third-order valence-electron chi connectivity index (χ3n) is 5.98. The molecule has 0 spiro atoms. The molecular formula is C25H30FN7O2. The summed E-state index contributed by atoms with van der Waals surface area (Å²) in [6, 6.07) is 4.64. The van der Waals surface area contributed by atoms with Gasteiger partial charge in [0.25, 0.3) is 0 Å². The van der Waals surface area contributed by atoms with Gasteiger partial charge in [0.2, 0.25) is 5.91 Å². The highest BCUT2D eigenvalue weighted by atomic mass is 19.1. The summed E-state index contributed by atoms with van der Waals surface area (Å²) < 4.78 is 14.2. The van der Waals surface area contributed by atoms with Crippen LogP contribution in [0.3, 0.4) is 0 Å². The Bertz CT molecular complexity index is 1270. The summed E-state index contributed by atoms with van der Waals surface area (Å²) in [5.41, 5.74) is 19.4. The molecule has 1 saturated carbocycles. The summed E-state index contributed by atoms with van der Waals surface area (Å²) in [5.74, 6) is -1.02. The van der Waals surface area contributed by atoms with Gasteiger partial charge in [0, 0.05) is 40.3 Å². The quantitative estimate of drug-likeness (QED) is 0.147. The van der Waals surface area contributed by atoms with Crippen LogP contribution in [-0.2, 0) is 4.79 Å². The minimum Gasteiger partial charge on any atom is -0.398 e. The lowest BCUT2D eigenvalue weighted by Crippen LogP contribution is -2.48. The monoisotopic (exact) mass is 479 g/mol. The number of nitrogens with one attached hydrogen (secondary N) is 2. The number of nitrogens with zero attached hydrogens (tertiary/aromatic N) is 2. The first-order valence-corrected chi connectivity index (χ1v) is 10.9. The van der Waals surface area contributed by atoms with Gasteiger partial charge in [0.15, 0.2) is 0 Å². The summed E-state index contributed by atoms with van der Waals surface area (Å²) in [6.45, 7) is 8.84. The number of aliphatic hydroxyl groups is 1. The van der Waals surface area contributed by atoms with E-state index in [-0.39, 0.29) is 23.0 Å². The second-order valence-corrected chi connectivity index (χ2v) is 9.00. The van der Waals surface area contributed by atoms with Crippen molar-refractivity contribution in [2.75, 3.05) is 11.1 Å². The SMILES string of the molecule is C=C(C(N)=O)/C(N)=C(\N=C(C)c1cc(F)cnc1NC1CC(C)(O)C1)c1c(C)ccc(N)c1C=N. The molecule has 10 heteroatoms. The molecule has 1 amide bonds. The van der Waals surface area contributed by atoms with Crippen LogP contribution >= 0.6 is 0 Å². The fourth-order valence-electron chi connectivity index (χ4n) is 4.10. The van der Waals surface area contributed by atoms with E-state index in [2.05, 4.69) is 21.9 Å². The van der Waals surface area contributed by atoms with Crippen LogP contribution in [0, 0.1) is 18.2 Å². The van der Waals surface area contributed by atoms with Crippen LogP contribution < -0.4 is 22.5 Å². The first-order valence-electron chi connectivity index (χ1n) is 10.9. The molecule has 0 aliphatic heterocycles. The van der Waals surface area contributed by atoms with Gasteiger partial charge in [-0.15, -0.1) is 0 Å². The van der Waals surface area contributed by atoms with Crippen molar-refractivity contribution >= 4 is 35.0 Å². The van der Waals surface area contributed by atoms with Crippen LogP contribution in [0.15, 0.2) is 47.2 Å². The predicted molar refractivity (Wildman–Crippen MR) is 137 cm³/mol. The second kappa shape index (κ2) is 9.67. The molecule has 0 bridgehead atoms. The zero-order chi connectivity index (χ0) is 26.1. The van der Waals surface area contributed by atoms with E-state index in [0.29, 0.717) is 52.3 Å². The summed E-state index contributed by atoms with van der Waals surface area (Å²) in [6.07, 6.45) is 3.19. The number of hydrogen-bond acceptors (Lipinski definition) is 8. The normalized spacial score (nSPS) is 20.5. The Morgan fingerprint density at radius 1 is 1.40 bits per heavy atom. The lowest BCUT2D eigenvalue weighted by atomic mass is 9.77. The molecule has 2 aromatic rings. The maximum atomic E-state index is 14.2. The largest absolute Gasteiger partial charge is 0.398 e. The molecule has 0 saturated heterocycles.